The molecule has 2 heterocycles. The van der Waals surface area contributed by atoms with Crippen LogP contribution in [0.5, 0.6) is 0 Å². The number of pyridine rings is 1. The first-order valence-electron chi connectivity index (χ1n) is 5.91. The predicted octanol–water partition coefficient (Wildman–Crippen LogP) is 0.644. The molecule has 6 nitrogen and oxygen atoms in total. The fraction of sp³-hybridized carbons (Fsp3) is 0.308. The van der Waals surface area contributed by atoms with Crippen LogP contribution in [-0.2, 0) is 6.54 Å². The van der Waals surface area contributed by atoms with Crippen LogP contribution in [0.4, 0.5) is 0 Å². The molecule has 0 fully saturated rings. The summed E-state index contributed by atoms with van der Waals surface area (Å²) >= 11 is 0. The molecule has 6 heteroatoms. The average molecular weight is 260 g/mol. The maximum Gasteiger partial charge on any atom is 0.253 e. The smallest absolute Gasteiger partial charge is 0.253 e. The van der Waals surface area contributed by atoms with Crippen LogP contribution < -0.4 is 11.3 Å². The van der Waals surface area contributed by atoms with E-state index in [1.807, 2.05) is 19.9 Å². The number of aromatic nitrogens is 3. The summed E-state index contributed by atoms with van der Waals surface area (Å²) in [4.78, 5) is 25.9. The van der Waals surface area contributed by atoms with E-state index in [9.17, 15) is 9.59 Å². The lowest BCUT2D eigenvalue weighted by Crippen LogP contribution is -2.20. The van der Waals surface area contributed by atoms with E-state index < -0.39 is 5.91 Å². The summed E-state index contributed by atoms with van der Waals surface area (Å²) in [5, 5.41) is 4.10. The molecule has 1 amide bonds. The van der Waals surface area contributed by atoms with Crippen molar-refractivity contribution in [2.75, 3.05) is 0 Å². The quantitative estimate of drug-likeness (QED) is 0.848. The minimum atomic E-state index is -0.515. The van der Waals surface area contributed by atoms with Crippen LogP contribution in [0.25, 0.3) is 0 Å². The van der Waals surface area contributed by atoms with Crippen molar-refractivity contribution in [2.45, 2.75) is 27.3 Å². The molecule has 2 aromatic rings. The van der Waals surface area contributed by atoms with Gasteiger partial charge in [0.1, 0.15) is 0 Å². The monoisotopic (exact) mass is 260 g/mol. The molecule has 0 aliphatic heterocycles. The van der Waals surface area contributed by atoms with Crippen molar-refractivity contribution in [3.63, 3.8) is 0 Å². The minimum absolute atomic E-state index is 0.131. The lowest BCUT2D eigenvalue weighted by Gasteiger charge is -2.08. The third-order valence-electron chi connectivity index (χ3n) is 3.17. The van der Waals surface area contributed by atoms with Crippen molar-refractivity contribution in [3.8, 4) is 0 Å². The van der Waals surface area contributed by atoms with E-state index in [4.69, 9.17) is 5.73 Å². The Morgan fingerprint density at radius 2 is 2.11 bits per heavy atom. The first-order chi connectivity index (χ1) is 8.90. The predicted molar refractivity (Wildman–Crippen MR) is 71.1 cm³/mol. The van der Waals surface area contributed by atoms with E-state index in [0.29, 0.717) is 23.4 Å². The second-order valence-corrected chi connectivity index (χ2v) is 4.61. The second kappa shape index (κ2) is 4.72. The fourth-order valence-corrected chi connectivity index (χ4v) is 2.08. The molecule has 0 saturated heterocycles. The van der Waals surface area contributed by atoms with Gasteiger partial charge in [0, 0.05) is 17.0 Å². The number of nitrogens with zero attached hydrogens (tertiary/aromatic N) is 2. The number of nitrogens with one attached hydrogen (secondary N) is 1. The number of nitrogens with two attached hydrogens (primary N) is 1. The zero-order valence-corrected chi connectivity index (χ0v) is 11.2. The van der Waals surface area contributed by atoms with Crippen LogP contribution in [-0.4, -0.2) is 20.7 Å². The summed E-state index contributed by atoms with van der Waals surface area (Å²) in [5.41, 5.74) is 8.50. The Labute approximate surface area is 110 Å². The maximum absolute atomic E-state index is 11.9. The molecule has 2 rings (SSSR count). The standard InChI is InChI=1S/C13H16N4O2/c1-7-4-8(2)16-13(19)11(7)6-17-9(3)10(5-15-17)12(14)18/h4-5H,6H2,1-3H3,(H2,14,18)(H,16,19). The number of amides is 1. The lowest BCUT2D eigenvalue weighted by molar-refractivity contribution is 0.0999. The van der Waals surface area contributed by atoms with Gasteiger partial charge >= 0.3 is 0 Å². The number of carbonyl (C=O) groups is 1. The zero-order chi connectivity index (χ0) is 14.2. The highest BCUT2D eigenvalue weighted by Crippen LogP contribution is 2.10. The number of aromatic amines is 1. The highest BCUT2D eigenvalue weighted by molar-refractivity contribution is 5.93. The minimum Gasteiger partial charge on any atom is -0.365 e. The number of hydrogen-bond acceptors (Lipinski definition) is 3. The van der Waals surface area contributed by atoms with Gasteiger partial charge in [0.15, 0.2) is 0 Å². The SMILES string of the molecule is Cc1cc(C)c(Cn2ncc(C(N)=O)c2C)c(=O)[nH]1. The third kappa shape index (κ3) is 2.42. The molecule has 3 N–H and O–H groups in total. The second-order valence-electron chi connectivity index (χ2n) is 4.61. The Kier molecular flexibility index (Phi) is 3.25. The summed E-state index contributed by atoms with van der Waals surface area (Å²) in [7, 11) is 0. The Balaban J connectivity index is 2.43. The van der Waals surface area contributed by atoms with Crippen LogP contribution in [0.15, 0.2) is 17.1 Å². The van der Waals surface area contributed by atoms with Crippen LogP contribution >= 0.6 is 0 Å². The van der Waals surface area contributed by atoms with Gasteiger partial charge in [-0.25, -0.2) is 0 Å². The summed E-state index contributed by atoms with van der Waals surface area (Å²) < 4.78 is 1.60. The van der Waals surface area contributed by atoms with Gasteiger partial charge in [0.05, 0.1) is 18.3 Å². The van der Waals surface area contributed by atoms with Gasteiger partial charge in [0.2, 0.25) is 0 Å². The highest BCUT2D eigenvalue weighted by Gasteiger charge is 2.13. The van der Waals surface area contributed by atoms with Crippen LogP contribution in [0, 0.1) is 20.8 Å². The topological polar surface area (TPSA) is 93.8 Å². The number of H-pyrrole nitrogens is 1. The zero-order valence-electron chi connectivity index (χ0n) is 11.2. The summed E-state index contributed by atoms with van der Waals surface area (Å²) in [6, 6.07) is 1.91. The Hall–Kier alpha value is -2.37. The van der Waals surface area contributed by atoms with E-state index in [1.54, 1.807) is 11.6 Å². The van der Waals surface area contributed by atoms with Gasteiger partial charge in [-0.1, -0.05) is 0 Å². The number of primary amides is 1. The van der Waals surface area contributed by atoms with Gasteiger partial charge in [-0.05, 0) is 32.4 Å². The molecule has 100 valence electrons. The van der Waals surface area contributed by atoms with Crippen LogP contribution in [0.2, 0.25) is 0 Å². The Morgan fingerprint density at radius 3 is 2.63 bits per heavy atom. The first kappa shape index (κ1) is 13.1. The number of aryl methyl sites for hydroxylation is 2. The van der Waals surface area contributed by atoms with Crippen molar-refractivity contribution < 1.29 is 4.79 Å². The van der Waals surface area contributed by atoms with Gasteiger partial charge in [-0.2, -0.15) is 5.10 Å². The molecular weight excluding hydrogens is 244 g/mol. The highest BCUT2D eigenvalue weighted by atomic mass is 16.1. The van der Waals surface area contributed by atoms with E-state index in [0.717, 1.165) is 11.3 Å². The summed E-state index contributed by atoms with van der Waals surface area (Å²) in [6.07, 6.45) is 1.43. The van der Waals surface area contributed by atoms with Gasteiger partial charge in [0.25, 0.3) is 11.5 Å². The molecule has 0 aliphatic rings. The van der Waals surface area contributed by atoms with E-state index in [-0.39, 0.29) is 5.56 Å². The van der Waals surface area contributed by atoms with Crippen molar-refractivity contribution in [1.82, 2.24) is 14.8 Å². The van der Waals surface area contributed by atoms with E-state index in [1.165, 1.54) is 6.20 Å². The number of rotatable bonds is 3. The Bertz CT molecular complexity index is 697. The molecule has 19 heavy (non-hydrogen) atoms. The van der Waals surface area contributed by atoms with E-state index in [2.05, 4.69) is 10.1 Å². The average Bonchev–Trinajstić information content (AvgIpc) is 2.65. The van der Waals surface area contributed by atoms with E-state index >= 15 is 0 Å². The Morgan fingerprint density at radius 1 is 1.42 bits per heavy atom. The largest absolute Gasteiger partial charge is 0.365 e. The molecule has 0 radical (unpaired) electrons. The number of carbonyl (C=O) groups excluding carboxylic acids is 1. The normalized spacial score (nSPS) is 10.7. The molecule has 0 bridgehead atoms. The molecular formula is C13H16N4O2. The van der Waals surface area contributed by atoms with Crippen LogP contribution in [0.3, 0.4) is 0 Å². The van der Waals surface area contributed by atoms with Gasteiger partial charge < -0.3 is 10.7 Å². The van der Waals surface area contributed by atoms with Gasteiger partial charge in [-0.3, -0.25) is 14.3 Å². The molecule has 0 spiro atoms. The maximum atomic E-state index is 11.9. The summed E-state index contributed by atoms with van der Waals surface area (Å²) in [5.74, 6) is -0.515. The molecule has 0 saturated carbocycles. The molecule has 0 aromatic carbocycles. The van der Waals surface area contributed by atoms with Crippen LogP contribution in [0.1, 0.15) is 32.9 Å². The first-order valence-corrected chi connectivity index (χ1v) is 5.91. The van der Waals surface area contributed by atoms with Crippen molar-refractivity contribution >= 4 is 5.91 Å². The van der Waals surface area contributed by atoms with Crippen molar-refractivity contribution in [2.24, 2.45) is 5.73 Å². The van der Waals surface area contributed by atoms with Gasteiger partial charge in [-0.15, -0.1) is 0 Å². The molecule has 0 aliphatic carbocycles. The number of hydrogen-bond donors (Lipinski definition) is 2. The summed E-state index contributed by atoms with van der Waals surface area (Å²) in [6.45, 7) is 5.79. The molecule has 2 aromatic heterocycles. The fourth-order valence-electron chi connectivity index (χ4n) is 2.08. The molecule has 0 unspecified atom stereocenters. The van der Waals surface area contributed by atoms with Crippen molar-refractivity contribution in [3.05, 3.63) is 50.7 Å². The molecule has 0 atom stereocenters. The van der Waals surface area contributed by atoms with Crippen molar-refractivity contribution in [1.29, 1.82) is 0 Å². The third-order valence-corrected chi connectivity index (χ3v) is 3.17. The lowest BCUT2D eigenvalue weighted by atomic mass is 10.1.